The Hall–Kier alpha value is -2.48. The van der Waals surface area contributed by atoms with Crippen LogP contribution in [-0.2, 0) is 0 Å². The number of nitrogens with one attached hydrogen (secondary N) is 1. The maximum atomic E-state index is 10.7. The van der Waals surface area contributed by atoms with E-state index < -0.39 is 0 Å². The minimum atomic E-state index is -0.377. The van der Waals surface area contributed by atoms with Gasteiger partial charge in [0.05, 0.1) is 40.6 Å². The summed E-state index contributed by atoms with van der Waals surface area (Å²) in [6.07, 6.45) is 2.83. The predicted molar refractivity (Wildman–Crippen MR) is 123 cm³/mol. The van der Waals surface area contributed by atoms with Crippen LogP contribution in [0.5, 0.6) is 0 Å². The largest absolute Gasteiger partial charge is 0.393 e. The number of benzene rings is 1. The van der Waals surface area contributed by atoms with Crippen molar-refractivity contribution >= 4 is 16.7 Å². The molecule has 0 unspecified atom stereocenters. The molecule has 164 valence electrons. The van der Waals surface area contributed by atoms with Crippen molar-refractivity contribution in [1.29, 1.82) is 0 Å². The third-order valence-electron chi connectivity index (χ3n) is 7.01. The van der Waals surface area contributed by atoms with Crippen molar-refractivity contribution in [3.05, 3.63) is 53.6 Å². The molecule has 0 amide bonds. The average Bonchev–Trinajstić information content (AvgIpc) is 3.20. The fourth-order valence-corrected chi connectivity index (χ4v) is 5.12. The first-order chi connectivity index (χ1) is 15.0. The molecule has 4 heterocycles. The molecular weight excluding hydrogens is 388 g/mol. The molecule has 0 bridgehead atoms. The van der Waals surface area contributed by atoms with Crippen molar-refractivity contribution in [2.45, 2.75) is 38.0 Å². The van der Waals surface area contributed by atoms with Crippen molar-refractivity contribution < 1.29 is 5.11 Å². The number of H-pyrrole nitrogens is 1. The number of anilines is 1. The number of rotatable bonds is 3. The molecule has 3 aromatic rings. The number of aliphatic hydroxyl groups excluding tert-OH is 1. The Labute approximate surface area is 183 Å². The molecule has 2 N–H and O–H groups in total. The second kappa shape index (κ2) is 8.22. The van der Waals surface area contributed by atoms with Crippen LogP contribution in [0.3, 0.4) is 0 Å². The lowest BCUT2D eigenvalue weighted by Crippen LogP contribution is -2.44. The first-order valence-corrected chi connectivity index (χ1v) is 11.2. The molecule has 2 fully saturated rings. The van der Waals surface area contributed by atoms with Gasteiger partial charge in [0.25, 0.3) is 0 Å². The van der Waals surface area contributed by atoms with Crippen molar-refractivity contribution in [2.75, 3.05) is 45.2 Å². The summed E-state index contributed by atoms with van der Waals surface area (Å²) in [5.41, 5.74) is 5.52. The first-order valence-electron chi connectivity index (χ1n) is 11.2. The number of piperidine rings is 1. The summed E-state index contributed by atoms with van der Waals surface area (Å²) in [5, 5.41) is 10.7. The van der Waals surface area contributed by atoms with Gasteiger partial charge in [-0.25, -0.2) is 4.98 Å². The van der Waals surface area contributed by atoms with Gasteiger partial charge in [0.15, 0.2) is 0 Å². The van der Waals surface area contributed by atoms with Crippen LogP contribution in [0.15, 0.2) is 36.5 Å². The molecule has 2 aliphatic rings. The van der Waals surface area contributed by atoms with Crippen molar-refractivity contribution in [3.63, 3.8) is 0 Å². The number of aryl methyl sites for hydroxylation is 1. The van der Waals surface area contributed by atoms with Gasteiger partial charge in [-0.2, -0.15) is 0 Å². The first kappa shape index (κ1) is 20.4. The summed E-state index contributed by atoms with van der Waals surface area (Å²) in [6.45, 7) is 6.27. The molecule has 2 aromatic heterocycles. The van der Waals surface area contributed by atoms with Crippen LogP contribution in [0.1, 0.15) is 42.0 Å². The summed E-state index contributed by atoms with van der Waals surface area (Å²) in [6, 6.07) is 10.5. The molecule has 7 heteroatoms. The Kier molecular flexibility index (Phi) is 5.42. The SMILES string of the molecule is Cc1cccnc1[C@@H]1C[C@H](O)C[C@H](c2nc3cccc(N4CCN(C)CC4)c3[nH]2)N1C. The molecular formula is C24H32N6O. The molecule has 2 saturated heterocycles. The van der Waals surface area contributed by atoms with E-state index in [2.05, 4.69) is 70.0 Å². The Morgan fingerprint density at radius 2 is 1.77 bits per heavy atom. The normalized spacial score (nSPS) is 25.9. The predicted octanol–water partition coefficient (Wildman–Crippen LogP) is 2.89. The number of aromatic amines is 1. The zero-order valence-electron chi connectivity index (χ0n) is 18.6. The monoisotopic (exact) mass is 420 g/mol. The van der Waals surface area contributed by atoms with Crippen LogP contribution in [0.2, 0.25) is 0 Å². The molecule has 0 radical (unpaired) electrons. The summed E-state index contributed by atoms with van der Waals surface area (Å²) < 4.78 is 0. The maximum Gasteiger partial charge on any atom is 0.124 e. The minimum Gasteiger partial charge on any atom is -0.393 e. The van der Waals surface area contributed by atoms with E-state index in [1.807, 2.05) is 12.3 Å². The second-order valence-corrected chi connectivity index (χ2v) is 9.11. The zero-order chi connectivity index (χ0) is 21.5. The van der Waals surface area contributed by atoms with E-state index in [-0.39, 0.29) is 18.2 Å². The highest BCUT2D eigenvalue weighted by molar-refractivity contribution is 5.89. The number of aliphatic hydroxyl groups is 1. The van der Waals surface area contributed by atoms with E-state index >= 15 is 0 Å². The number of pyridine rings is 1. The molecule has 5 rings (SSSR count). The van der Waals surface area contributed by atoms with E-state index in [4.69, 9.17) is 4.98 Å². The van der Waals surface area contributed by atoms with E-state index in [0.29, 0.717) is 12.8 Å². The third kappa shape index (κ3) is 3.82. The highest BCUT2D eigenvalue weighted by Crippen LogP contribution is 2.40. The lowest BCUT2D eigenvalue weighted by Gasteiger charge is -2.41. The Balaban J connectivity index is 1.48. The van der Waals surface area contributed by atoms with Crippen LogP contribution >= 0.6 is 0 Å². The van der Waals surface area contributed by atoms with Crippen molar-refractivity contribution in [1.82, 2.24) is 24.8 Å². The Morgan fingerprint density at radius 1 is 1.00 bits per heavy atom. The van der Waals surface area contributed by atoms with E-state index in [1.165, 1.54) is 5.69 Å². The molecule has 7 nitrogen and oxygen atoms in total. The summed E-state index contributed by atoms with van der Waals surface area (Å²) >= 11 is 0. The number of fused-ring (bicyclic) bond motifs is 1. The van der Waals surface area contributed by atoms with Crippen LogP contribution in [0.25, 0.3) is 11.0 Å². The number of para-hydroxylation sites is 1. The van der Waals surface area contributed by atoms with E-state index in [0.717, 1.165) is 54.3 Å². The van der Waals surface area contributed by atoms with Crippen molar-refractivity contribution in [2.24, 2.45) is 0 Å². The van der Waals surface area contributed by atoms with Gasteiger partial charge in [-0.3, -0.25) is 9.88 Å². The number of hydrogen-bond acceptors (Lipinski definition) is 6. The quantitative estimate of drug-likeness (QED) is 0.679. The Bertz CT molecular complexity index is 1060. The van der Waals surface area contributed by atoms with Crippen LogP contribution in [0.4, 0.5) is 5.69 Å². The van der Waals surface area contributed by atoms with E-state index in [9.17, 15) is 5.11 Å². The molecule has 2 aliphatic heterocycles. The molecule has 3 atom stereocenters. The van der Waals surface area contributed by atoms with Crippen LogP contribution < -0.4 is 4.90 Å². The fourth-order valence-electron chi connectivity index (χ4n) is 5.12. The van der Waals surface area contributed by atoms with Gasteiger partial charge in [-0.1, -0.05) is 12.1 Å². The lowest BCUT2D eigenvalue weighted by molar-refractivity contribution is 0.00963. The molecule has 31 heavy (non-hydrogen) atoms. The number of aromatic nitrogens is 3. The minimum absolute atomic E-state index is 0.0166. The maximum absolute atomic E-state index is 10.7. The summed E-state index contributed by atoms with van der Waals surface area (Å²) in [7, 11) is 4.31. The smallest absolute Gasteiger partial charge is 0.124 e. The fraction of sp³-hybridized carbons (Fsp3) is 0.500. The van der Waals surface area contributed by atoms with Crippen LogP contribution in [0, 0.1) is 6.92 Å². The molecule has 0 spiro atoms. The van der Waals surface area contributed by atoms with Gasteiger partial charge in [0.1, 0.15) is 5.82 Å². The van der Waals surface area contributed by atoms with Gasteiger partial charge in [-0.05, 0) is 57.6 Å². The third-order valence-corrected chi connectivity index (χ3v) is 7.01. The lowest BCUT2D eigenvalue weighted by atomic mass is 9.90. The number of hydrogen-bond donors (Lipinski definition) is 2. The second-order valence-electron chi connectivity index (χ2n) is 9.11. The zero-order valence-corrected chi connectivity index (χ0v) is 18.6. The Morgan fingerprint density at radius 3 is 2.55 bits per heavy atom. The molecule has 1 aromatic carbocycles. The summed E-state index contributed by atoms with van der Waals surface area (Å²) in [5.74, 6) is 0.927. The van der Waals surface area contributed by atoms with Gasteiger partial charge >= 0.3 is 0 Å². The highest BCUT2D eigenvalue weighted by atomic mass is 16.3. The molecule has 0 saturated carbocycles. The van der Waals surface area contributed by atoms with Crippen LogP contribution in [-0.4, -0.2) is 76.2 Å². The number of imidazole rings is 1. The standard InChI is InChI=1S/C24H32N6O/c1-16-6-5-9-25-22(16)20-14-17(31)15-21(29(20)3)24-26-18-7-4-8-19(23(18)27-24)30-12-10-28(2)11-13-30/h4-9,17,20-21,31H,10-15H2,1-3H3,(H,26,27)/t17-,20-,21+/m0/s1. The highest BCUT2D eigenvalue weighted by Gasteiger charge is 2.37. The number of nitrogens with zero attached hydrogens (tertiary/aromatic N) is 5. The number of piperazine rings is 1. The van der Waals surface area contributed by atoms with E-state index in [1.54, 1.807) is 0 Å². The number of likely N-dealkylation sites (N-methyl/N-ethyl adjacent to an activating group) is 1. The van der Waals surface area contributed by atoms with Gasteiger partial charge in [-0.15, -0.1) is 0 Å². The molecule has 0 aliphatic carbocycles. The van der Waals surface area contributed by atoms with Gasteiger partial charge in [0, 0.05) is 32.4 Å². The van der Waals surface area contributed by atoms with Crippen molar-refractivity contribution in [3.8, 4) is 0 Å². The van der Waals surface area contributed by atoms with Gasteiger partial charge < -0.3 is 19.9 Å². The van der Waals surface area contributed by atoms with Gasteiger partial charge in [0.2, 0.25) is 0 Å². The number of likely N-dealkylation sites (tertiary alicyclic amines) is 1. The summed E-state index contributed by atoms with van der Waals surface area (Å²) in [4.78, 5) is 20.4. The topological polar surface area (TPSA) is 71.5 Å². The average molecular weight is 421 g/mol.